The minimum atomic E-state index is -4.33. The first kappa shape index (κ1) is 17.2. The zero-order valence-corrected chi connectivity index (χ0v) is 11.8. The average molecular weight is 296 g/mol. The fourth-order valence-corrected chi connectivity index (χ4v) is 2.18. The number of carbonyl (C=O) groups is 1. The van der Waals surface area contributed by atoms with Crippen molar-refractivity contribution in [1.29, 1.82) is 0 Å². The lowest BCUT2D eigenvalue weighted by Crippen LogP contribution is -2.38. The lowest BCUT2D eigenvalue weighted by Gasteiger charge is -2.26. The minimum Gasteiger partial charge on any atom is -0.372 e. The predicted molar refractivity (Wildman–Crippen MR) is 69.4 cm³/mol. The molecule has 1 amide bonds. The molecule has 118 valence electrons. The van der Waals surface area contributed by atoms with Gasteiger partial charge in [-0.25, -0.2) is 0 Å². The molecule has 1 aliphatic rings. The standard InChI is InChI=1S/C13H23F3N2O2/c1-18(8-5-11-4-2-3-7-17-11)12(19)6-9-20-10-13(14,15)16/h11,17H,2-10H2,1H3. The van der Waals surface area contributed by atoms with Gasteiger partial charge in [-0.2, -0.15) is 13.2 Å². The van der Waals surface area contributed by atoms with E-state index < -0.39 is 12.8 Å². The predicted octanol–water partition coefficient (Wildman–Crippen LogP) is 1.95. The van der Waals surface area contributed by atoms with Gasteiger partial charge in [0.15, 0.2) is 0 Å². The highest BCUT2D eigenvalue weighted by Gasteiger charge is 2.27. The Morgan fingerprint density at radius 1 is 1.40 bits per heavy atom. The van der Waals surface area contributed by atoms with Crippen molar-refractivity contribution in [3.8, 4) is 0 Å². The number of halogens is 3. The zero-order valence-electron chi connectivity index (χ0n) is 11.8. The van der Waals surface area contributed by atoms with Gasteiger partial charge in [0.1, 0.15) is 6.61 Å². The van der Waals surface area contributed by atoms with E-state index in [2.05, 4.69) is 10.1 Å². The van der Waals surface area contributed by atoms with E-state index in [9.17, 15) is 18.0 Å². The first-order valence-corrected chi connectivity index (χ1v) is 7.00. The maximum atomic E-state index is 11.8. The highest BCUT2D eigenvalue weighted by molar-refractivity contribution is 5.75. The van der Waals surface area contributed by atoms with Gasteiger partial charge in [-0.1, -0.05) is 6.42 Å². The second-order valence-corrected chi connectivity index (χ2v) is 5.17. The highest BCUT2D eigenvalue weighted by atomic mass is 19.4. The van der Waals surface area contributed by atoms with Gasteiger partial charge >= 0.3 is 6.18 Å². The summed E-state index contributed by atoms with van der Waals surface area (Å²) in [5, 5.41) is 3.39. The number of piperidine rings is 1. The first-order chi connectivity index (χ1) is 9.38. The molecule has 0 radical (unpaired) electrons. The zero-order chi connectivity index (χ0) is 15.0. The Kier molecular flexibility index (Phi) is 7.29. The third-order valence-electron chi connectivity index (χ3n) is 3.38. The smallest absolute Gasteiger partial charge is 0.372 e. The first-order valence-electron chi connectivity index (χ1n) is 7.00. The lowest BCUT2D eigenvalue weighted by atomic mass is 10.0. The molecule has 20 heavy (non-hydrogen) atoms. The molecule has 1 N–H and O–H groups in total. The normalized spacial score (nSPS) is 19.9. The van der Waals surface area contributed by atoms with Crippen LogP contribution in [-0.4, -0.2) is 56.4 Å². The highest BCUT2D eigenvalue weighted by Crippen LogP contribution is 2.14. The van der Waals surface area contributed by atoms with Crippen LogP contribution in [0.1, 0.15) is 32.1 Å². The number of nitrogens with zero attached hydrogens (tertiary/aromatic N) is 1. The maximum absolute atomic E-state index is 11.8. The molecule has 0 aromatic carbocycles. The molecule has 1 saturated heterocycles. The fourth-order valence-electron chi connectivity index (χ4n) is 2.18. The molecule has 1 fully saturated rings. The van der Waals surface area contributed by atoms with E-state index in [4.69, 9.17) is 0 Å². The van der Waals surface area contributed by atoms with Crippen LogP contribution in [0.5, 0.6) is 0 Å². The summed E-state index contributed by atoms with van der Waals surface area (Å²) < 4.78 is 39.9. The van der Waals surface area contributed by atoms with Crippen LogP contribution in [0.3, 0.4) is 0 Å². The van der Waals surface area contributed by atoms with Crippen molar-refractivity contribution in [1.82, 2.24) is 10.2 Å². The van der Waals surface area contributed by atoms with Gasteiger partial charge in [-0.05, 0) is 25.8 Å². The van der Waals surface area contributed by atoms with Crippen molar-refractivity contribution in [2.45, 2.75) is 44.3 Å². The number of nitrogens with one attached hydrogen (secondary N) is 1. The molecule has 1 rings (SSSR count). The Morgan fingerprint density at radius 3 is 2.75 bits per heavy atom. The van der Waals surface area contributed by atoms with Crippen molar-refractivity contribution in [2.75, 3.05) is 33.4 Å². The molecule has 1 heterocycles. The Morgan fingerprint density at radius 2 is 2.15 bits per heavy atom. The maximum Gasteiger partial charge on any atom is 0.411 e. The van der Waals surface area contributed by atoms with Crippen molar-refractivity contribution in [3.05, 3.63) is 0 Å². The van der Waals surface area contributed by atoms with Crippen LogP contribution >= 0.6 is 0 Å². The molecule has 0 saturated carbocycles. The molecule has 1 atom stereocenters. The van der Waals surface area contributed by atoms with E-state index >= 15 is 0 Å². The number of ether oxygens (including phenoxy) is 1. The molecule has 0 aromatic heterocycles. The van der Waals surface area contributed by atoms with E-state index in [0.29, 0.717) is 12.6 Å². The quantitative estimate of drug-likeness (QED) is 0.730. The van der Waals surface area contributed by atoms with E-state index in [1.54, 1.807) is 11.9 Å². The Hall–Kier alpha value is -0.820. The number of alkyl halides is 3. The van der Waals surface area contributed by atoms with Gasteiger partial charge in [0.25, 0.3) is 0 Å². The second-order valence-electron chi connectivity index (χ2n) is 5.17. The largest absolute Gasteiger partial charge is 0.411 e. The fraction of sp³-hybridized carbons (Fsp3) is 0.923. The van der Waals surface area contributed by atoms with Gasteiger partial charge in [0.2, 0.25) is 5.91 Å². The van der Waals surface area contributed by atoms with E-state index in [1.165, 1.54) is 12.8 Å². The average Bonchev–Trinajstić information content (AvgIpc) is 2.40. The third kappa shape index (κ3) is 7.69. The van der Waals surface area contributed by atoms with Gasteiger partial charge in [-0.15, -0.1) is 0 Å². The van der Waals surface area contributed by atoms with Crippen molar-refractivity contribution < 1.29 is 22.7 Å². The summed E-state index contributed by atoms with van der Waals surface area (Å²) in [6, 6.07) is 0.445. The molecule has 4 nitrogen and oxygen atoms in total. The van der Waals surface area contributed by atoms with Gasteiger partial charge in [-0.3, -0.25) is 4.79 Å². The second kappa shape index (κ2) is 8.46. The number of rotatable bonds is 7. The van der Waals surface area contributed by atoms with Crippen molar-refractivity contribution in [2.24, 2.45) is 0 Å². The van der Waals surface area contributed by atoms with Crippen LogP contribution in [0.2, 0.25) is 0 Å². The molecular weight excluding hydrogens is 273 g/mol. The van der Waals surface area contributed by atoms with Gasteiger partial charge in [0, 0.05) is 19.6 Å². The molecule has 0 aliphatic carbocycles. The van der Waals surface area contributed by atoms with Crippen LogP contribution in [0.15, 0.2) is 0 Å². The van der Waals surface area contributed by atoms with E-state index in [0.717, 1.165) is 19.4 Å². The Labute approximate surface area is 117 Å². The Bertz CT molecular complexity index is 292. The summed E-state index contributed by atoms with van der Waals surface area (Å²) in [6.45, 7) is 0.156. The SMILES string of the molecule is CN(CCC1CCCCN1)C(=O)CCOCC(F)(F)F. The third-order valence-corrected chi connectivity index (χ3v) is 3.38. The lowest BCUT2D eigenvalue weighted by molar-refractivity contribution is -0.175. The molecule has 7 heteroatoms. The number of hydrogen-bond acceptors (Lipinski definition) is 3. The summed E-state index contributed by atoms with van der Waals surface area (Å²) in [5.74, 6) is -0.178. The summed E-state index contributed by atoms with van der Waals surface area (Å²) in [7, 11) is 1.68. The number of carbonyl (C=O) groups excluding carboxylic acids is 1. The summed E-state index contributed by atoms with van der Waals surface area (Å²) in [6.07, 6.45) is 0.0665. The van der Waals surface area contributed by atoms with Crippen LogP contribution in [0, 0.1) is 0 Å². The summed E-state index contributed by atoms with van der Waals surface area (Å²) in [4.78, 5) is 13.2. The van der Waals surface area contributed by atoms with E-state index in [1.807, 2.05) is 0 Å². The number of hydrogen-bond donors (Lipinski definition) is 1. The molecule has 0 aromatic rings. The van der Waals surface area contributed by atoms with Crippen LogP contribution in [-0.2, 0) is 9.53 Å². The van der Waals surface area contributed by atoms with Gasteiger partial charge in [0.05, 0.1) is 13.0 Å². The molecule has 1 aliphatic heterocycles. The van der Waals surface area contributed by atoms with Gasteiger partial charge < -0.3 is 15.0 Å². The summed E-state index contributed by atoms with van der Waals surface area (Å²) in [5.41, 5.74) is 0. The minimum absolute atomic E-state index is 0.00925. The molecule has 0 spiro atoms. The Balaban J connectivity index is 2.09. The topological polar surface area (TPSA) is 41.6 Å². The molecule has 1 unspecified atom stereocenters. The summed E-state index contributed by atoms with van der Waals surface area (Å²) >= 11 is 0. The monoisotopic (exact) mass is 296 g/mol. The molecule has 0 bridgehead atoms. The van der Waals surface area contributed by atoms with Crippen LogP contribution in [0.25, 0.3) is 0 Å². The molecular formula is C13H23F3N2O2. The van der Waals surface area contributed by atoms with Crippen LogP contribution in [0.4, 0.5) is 13.2 Å². The van der Waals surface area contributed by atoms with Crippen molar-refractivity contribution in [3.63, 3.8) is 0 Å². The van der Waals surface area contributed by atoms with E-state index in [-0.39, 0.29) is 18.9 Å². The van der Waals surface area contributed by atoms with Crippen LogP contribution < -0.4 is 5.32 Å². The number of amides is 1. The van der Waals surface area contributed by atoms with Crippen molar-refractivity contribution >= 4 is 5.91 Å².